The molecule has 1 aliphatic rings. The molecular formula is C14H17F4NO. The molecular weight excluding hydrogens is 274 g/mol. The van der Waals surface area contributed by atoms with Gasteiger partial charge >= 0.3 is 6.18 Å². The number of hydrogen-bond acceptors (Lipinski definition) is 2. The summed E-state index contributed by atoms with van der Waals surface area (Å²) in [6.45, 7) is 3.98. The van der Waals surface area contributed by atoms with Gasteiger partial charge in [0.25, 0.3) is 0 Å². The van der Waals surface area contributed by atoms with E-state index in [9.17, 15) is 22.7 Å². The molecule has 112 valence electrons. The van der Waals surface area contributed by atoms with E-state index >= 15 is 0 Å². The summed E-state index contributed by atoms with van der Waals surface area (Å²) < 4.78 is 51.5. The Morgan fingerprint density at radius 2 is 1.80 bits per heavy atom. The molecule has 0 radical (unpaired) electrons. The summed E-state index contributed by atoms with van der Waals surface area (Å²) in [4.78, 5) is 2.10. The molecule has 1 saturated heterocycles. The number of halogens is 4. The van der Waals surface area contributed by atoms with Gasteiger partial charge in [0.15, 0.2) is 0 Å². The molecule has 0 spiro atoms. The van der Waals surface area contributed by atoms with Gasteiger partial charge in [-0.1, -0.05) is 6.92 Å². The monoisotopic (exact) mass is 291 g/mol. The highest BCUT2D eigenvalue weighted by Gasteiger charge is 2.37. The molecule has 0 bridgehead atoms. The van der Waals surface area contributed by atoms with Crippen molar-refractivity contribution >= 4 is 0 Å². The van der Waals surface area contributed by atoms with Crippen molar-refractivity contribution in [2.24, 2.45) is 0 Å². The van der Waals surface area contributed by atoms with Gasteiger partial charge in [-0.3, -0.25) is 0 Å². The van der Waals surface area contributed by atoms with Crippen LogP contribution in [0, 0.1) is 5.82 Å². The minimum Gasteiger partial charge on any atom is -0.385 e. The highest BCUT2D eigenvalue weighted by molar-refractivity contribution is 5.31. The Hall–Kier alpha value is -1.14. The van der Waals surface area contributed by atoms with E-state index in [0.717, 1.165) is 18.7 Å². The Balaban J connectivity index is 2.31. The van der Waals surface area contributed by atoms with Crippen molar-refractivity contribution < 1.29 is 22.7 Å². The van der Waals surface area contributed by atoms with Crippen LogP contribution in [0.3, 0.4) is 0 Å². The van der Waals surface area contributed by atoms with Gasteiger partial charge in [-0.25, -0.2) is 4.39 Å². The van der Waals surface area contributed by atoms with Crippen molar-refractivity contribution in [1.29, 1.82) is 0 Å². The van der Waals surface area contributed by atoms with E-state index in [1.165, 1.54) is 0 Å². The van der Waals surface area contributed by atoms with Crippen LogP contribution in [0.2, 0.25) is 0 Å². The summed E-state index contributed by atoms with van der Waals surface area (Å²) in [5, 5.41) is 10.5. The normalized spacial score (nSPS) is 20.1. The third kappa shape index (κ3) is 3.12. The molecule has 2 rings (SSSR count). The Morgan fingerprint density at radius 1 is 1.20 bits per heavy atom. The zero-order chi connectivity index (χ0) is 15.0. The summed E-state index contributed by atoms with van der Waals surface area (Å²) in [5.74, 6) is -0.971. The highest BCUT2D eigenvalue weighted by atomic mass is 19.4. The van der Waals surface area contributed by atoms with Crippen molar-refractivity contribution in [1.82, 2.24) is 4.90 Å². The lowest BCUT2D eigenvalue weighted by Crippen LogP contribution is -2.42. The van der Waals surface area contributed by atoms with Crippen LogP contribution in [-0.2, 0) is 11.8 Å². The zero-order valence-electron chi connectivity index (χ0n) is 11.2. The number of hydrogen-bond donors (Lipinski definition) is 1. The average Bonchev–Trinajstić information content (AvgIpc) is 2.38. The first-order chi connectivity index (χ1) is 9.24. The van der Waals surface area contributed by atoms with Gasteiger partial charge in [0.05, 0.1) is 11.2 Å². The second-order valence-corrected chi connectivity index (χ2v) is 5.19. The minimum atomic E-state index is -4.61. The van der Waals surface area contributed by atoms with Gasteiger partial charge in [-0.05, 0) is 43.1 Å². The molecule has 1 aromatic rings. The smallest absolute Gasteiger partial charge is 0.385 e. The Morgan fingerprint density at radius 3 is 2.30 bits per heavy atom. The fourth-order valence-electron chi connectivity index (χ4n) is 2.55. The van der Waals surface area contributed by atoms with Crippen LogP contribution >= 0.6 is 0 Å². The molecule has 0 unspecified atom stereocenters. The van der Waals surface area contributed by atoms with E-state index in [1.807, 2.05) is 6.92 Å². The first-order valence-electron chi connectivity index (χ1n) is 6.57. The first-order valence-corrected chi connectivity index (χ1v) is 6.57. The number of piperidine rings is 1. The number of nitrogens with zero attached hydrogens (tertiary/aromatic N) is 1. The topological polar surface area (TPSA) is 23.5 Å². The Bertz CT molecular complexity index is 479. The number of alkyl halides is 3. The minimum absolute atomic E-state index is 0.0144. The maximum Gasteiger partial charge on any atom is 0.416 e. The summed E-state index contributed by atoms with van der Waals surface area (Å²) in [6, 6.07) is 2.30. The van der Waals surface area contributed by atoms with Crippen LogP contribution in [0.15, 0.2) is 18.2 Å². The van der Waals surface area contributed by atoms with E-state index in [-0.39, 0.29) is 5.56 Å². The summed E-state index contributed by atoms with van der Waals surface area (Å²) in [6.07, 6.45) is -4.00. The molecule has 20 heavy (non-hydrogen) atoms. The number of aliphatic hydroxyl groups is 1. The third-order valence-corrected chi connectivity index (χ3v) is 3.89. The predicted molar refractivity (Wildman–Crippen MR) is 66.6 cm³/mol. The van der Waals surface area contributed by atoms with Gasteiger partial charge in [0.2, 0.25) is 0 Å². The number of benzene rings is 1. The maximum atomic E-state index is 13.4. The van der Waals surface area contributed by atoms with Gasteiger partial charge in [-0.2, -0.15) is 13.2 Å². The molecule has 0 saturated carbocycles. The van der Waals surface area contributed by atoms with E-state index in [2.05, 4.69) is 4.90 Å². The van der Waals surface area contributed by atoms with E-state index in [1.54, 1.807) is 0 Å². The molecule has 0 aliphatic carbocycles. The summed E-state index contributed by atoms with van der Waals surface area (Å²) >= 11 is 0. The van der Waals surface area contributed by atoms with Crippen LogP contribution in [-0.4, -0.2) is 29.6 Å². The molecule has 1 fully saturated rings. The maximum absolute atomic E-state index is 13.4. The van der Waals surface area contributed by atoms with Crippen LogP contribution in [0.25, 0.3) is 0 Å². The number of likely N-dealkylation sites (tertiary alicyclic amines) is 1. The second kappa shape index (κ2) is 5.33. The first kappa shape index (κ1) is 15.3. The third-order valence-electron chi connectivity index (χ3n) is 3.89. The lowest BCUT2D eigenvalue weighted by Gasteiger charge is -2.38. The van der Waals surface area contributed by atoms with Crippen molar-refractivity contribution in [3.63, 3.8) is 0 Å². The largest absolute Gasteiger partial charge is 0.416 e. The second-order valence-electron chi connectivity index (χ2n) is 5.19. The van der Waals surface area contributed by atoms with Crippen LogP contribution in [0.4, 0.5) is 17.6 Å². The zero-order valence-corrected chi connectivity index (χ0v) is 11.2. The van der Waals surface area contributed by atoms with Crippen LogP contribution in [0.1, 0.15) is 30.9 Å². The molecule has 1 N–H and O–H groups in total. The Kier molecular flexibility index (Phi) is 4.07. The highest BCUT2D eigenvalue weighted by Crippen LogP contribution is 2.37. The molecule has 0 amide bonds. The van der Waals surface area contributed by atoms with Gasteiger partial charge in [-0.15, -0.1) is 0 Å². The van der Waals surface area contributed by atoms with Crippen molar-refractivity contribution in [2.75, 3.05) is 19.6 Å². The van der Waals surface area contributed by atoms with Gasteiger partial charge in [0.1, 0.15) is 5.82 Å². The SMILES string of the molecule is CCN1CCC(O)(c2cc(F)cc(C(F)(F)F)c2)CC1. The lowest BCUT2D eigenvalue weighted by molar-refractivity contribution is -0.138. The molecule has 1 heterocycles. The summed E-state index contributed by atoms with van der Waals surface area (Å²) in [5.41, 5.74) is -2.42. The van der Waals surface area contributed by atoms with E-state index in [4.69, 9.17) is 0 Å². The molecule has 2 nitrogen and oxygen atoms in total. The fourth-order valence-corrected chi connectivity index (χ4v) is 2.55. The predicted octanol–water partition coefficient (Wildman–Crippen LogP) is 3.15. The summed E-state index contributed by atoms with van der Waals surface area (Å²) in [7, 11) is 0. The van der Waals surface area contributed by atoms with Gasteiger partial charge < -0.3 is 10.0 Å². The molecule has 0 aromatic heterocycles. The van der Waals surface area contributed by atoms with Gasteiger partial charge in [0, 0.05) is 13.1 Å². The van der Waals surface area contributed by atoms with E-state index < -0.39 is 23.2 Å². The number of rotatable bonds is 2. The molecule has 0 atom stereocenters. The fraction of sp³-hybridized carbons (Fsp3) is 0.571. The Labute approximate surface area is 115 Å². The van der Waals surface area contributed by atoms with Crippen molar-refractivity contribution in [3.05, 3.63) is 35.1 Å². The van der Waals surface area contributed by atoms with Crippen molar-refractivity contribution in [3.8, 4) is 0 Å². The molecule has 1 aliphatic heterocycles. The van der Waals surface area contributed by atoms with E-state index in [0.29, 0.717) is 32.0 Å². The molecule has 1 aromatic carbocycles. The van der Waals surface area contributed by atoms with Crippen LogP contribution in [0.5, 0.6) is 0 Å². The molecule has 6 heteroatoms. The standard InChI is InChI=1S/C14H17F4NO/c1-2-19-5-3-13(20,4-6-19)10-7-11(14(16,17)18)9-12(15)8-10/h7-9,20H,2-6H2,1H3. The quantitative estimate of drug-likeness (QED) is 0.846. The van der Waals surface area contributed by atoms with Crippen molar-refractivity contribution in [2.45, 2.75) is 31.5 Å². The average molecular weight is 291 g/mol. The van der Waals surface area contributed by atoms with Crippen LogP contribution < -0.4 is 0 Å². The lowest BCUT2D eigenvalue weighted by atomic mass is 9.83.